The fourth-order valence-corrected chi connectivity index (χ4v) is 4.26. The molecule has 18 heavy (non-hydrogen) atoms. The summed E-state index contributed by atoms with van der Waals surface area (Å²) in [5.41, 5.74) is 5.71. The third kappa shape index (κ3) is 3.54. The number of carbonyl (C=O) groups is 1. The number of sulfone groups is 1. The average molecular weight is 288 g/mol. The molecule has 1 aromatic rings. The van der Waals surface area contributed by atoms with Gasteiger partial charge in [0, 0.05) is 22.8 Å². The number of hydrogen-bond donors (Lipinski definition) is 2. The molecule has 1 aromatic heterocycles. The number of primary amides is 1. The maximum Gasteiger partial charge on any atom is 0.249 e. The number of rotatable bonds is 4. The molecule has 2 heterocycles. The highest BCUT2D eigenvalue weighted by Crippen LogP contribution is 2.16. The first-order chi connectivity index (χ1) is 8.46. The molecule has 0 unspecified atom stereocenters. The standard InChI is InChI=1S/C11H16N2O3S2/c12-11(14)8-5-10(17-7-8)6-13-9-1-3-18(15,16)4-2-9/h5,7,9,13H,1-4,6H2,(H2,12,14). The maximum absolute atomic E-state index is 11.3. The fraction of sp³-hybridized carbons (Fsp3) is 0.545. The molecule has 0 aromatic carbocycles. The van der Waals surface area contributed by atoms with Gasteiger partial charge in [-0.25, -0.2) is 8.42 Å². The van der Waals surface area contributed by atoms with Crippen LogP contribution >= 0.6 is 11.3 Å². The SMILES string of the molecule is NC(=O)c1csc(CNC2CCS(=O)(=O)CC2)c1. The summed E-state index contributed by atoms with van der Waals surface area (Å²) in [6.45, 7) is 0.655. The van der Waals surface area contributed by atoms with Crippen molar-refractivity contribution in [2.24, 2.45) is 5.73 Å². The molecule has 7 heteroatoms. The molecule has 1 aliphatic rings. The van der Waals surface area contributed by atoms with Crippen molar-refractivity contribution in [1.82, 2.24) is 5.32 Å². The Morgan fingerprint density at radius 3 is 2.67 bits per heavy atom. The molecule has 1 aliphatic heterocycles. The van der Waals surface area contributed by atoms with E-state index >= 15 is 0 Å². The highest BCUT2D eigenvalue weighted by Gasteiger charge is 2.23. The molecule has 0 saturated carbocycles. The van der Waals surface area contributed by atoms with Gasteiger partial charge in [-0.15, -0.1) is 11.3 Å². The molecule has 3 N–H and O–H groups in total. The van der Waals surface area contributed by atoms with E-state index in [2.05, 4.69) is 5.32 Å². The van der Waals surface area contributed by atoms with E-state index < -0.39 is 15.7 Å². The van der Waals surface area contributed by atoms with E-state index in [1.165, 1.54) is 11.3 Å². The zero-order valence-electron chi connectivity index (χ0n) is 9.89. The van der Waals surface area contributed by atoms with Gasteiger partial charge in [-0.3, -0.25) is 4.79 Å². The van der Waals surface area contributed by atoms with Crippen molar-refractivity contribution in [3.8, 4) is 0 Å². The van der Waals surface area contributed by atoms with Gasteiger partial charge in [-0.1, -0.05) is 0 Å². The zero-order chi connectivity index (χ0) is 13.2. The van der Waals surface area contributed by atoms with Crippen LogP contribution < -0.4 is 11.1 Å². The van der Waals surface area contributed by atoms with E-state index in [1.54, 1.807) is 11.4 Å². The quantitative estimate of drug-likeness (QED) is 0.845. The Morgan fingerprint density at radius 1 is 1.44 bits per heavy atom. The Kier molecular flexibility index (Phi) is 4.04. The van der Waals surface area contributed by atoms with Gasteiger partial charge in [0.2, 0.25) is 5.91 Å². The highest BCUT2D eigenvalue weighted by atomic mass is 32.2. The van der Waals surface area contributed by atoms with E-state index in [9.17, 15) is 13.2 Å². The monoisotopic (exact) mass is 288 g/mol. The third-order valence-electron chi connectivity index (χ3n) is 3.06. The van der Waals surface area contributed by atoms with E-state index in [0.29, 0.717) is 24.9 Å². The molecule has 5 nitrogen and oxygen atoms in total. The van der Waals surface area contributed by atoms with Gasteiger partial charge in [-0.2, -0.15) is 0 Å². The Labute approximate surface area is 110 Å². The second-order valence-electron chi connectivity index (χ2n) is 4.47. The van der Waals surface area contributed by atoms with Crippen molar-refractivity contribution < 1.29 is 13.2 Å². The topological polar surface area (TPSA) is 89.3 Å². The predicted molar refractivity (Wildman–Crippen MR) is 71.4 cm³/mol. The van der Waals surface area contributed by atoms with Crippen molar-refractivity contribution in [3.05, 3.63) is 21.9 Å². The Hall–Kier alpha value is -0.920. The molecular weight excluding hydrogens is 272 g/mol. The smallest absolute Gasteiger partial charge is 0.249 e. The van der Waals surface area contributed by atoms with Gasteiger partial charge < -0.3 is 11.1 Å². The summed E-state index contributed by atoms with van der Waals surface area (Å²) in [5, 5.41) is 5.06. The lowest BCUT2D eigenvalue weighted by atomic mass is 10.1. The van der Waals surface area contributed by atoms with Gasteiger partial charge in [0.15, 0.2) is 0 Å². The average Bonchev–Trinajstić information content (AvgIpc) is 2.76. The first-order valence-electron chi connectivity index (χ1n) is 5.77. The third-order valence-corrected chi connectivity index (χ3v) is 5.71. The number of nitrogens with two attached hydrogens (primary N) is 1. The lowest BCUT2D eigenvalue weighted by Crippen LogP contribution is -2.36. The van der Waals surface area contributed by atoms with Crippen LogP contribution in [0.25, 0.3) is 0 Å². The number of nitrogens with one attached hydrogen (secondary N) is 1. The minimum absolute atomic E-state index is 0.243. The maximum atomic E-state index is 11.3. The summed E-state index contributed by atoms with van der Waals surface area (Å²) >= 11 is 1.48. The minimum Gasteiger partial charge on any atom is -0.366 e. The van der Waals surface area contributed by atoms with Crippen molar-refractivity contribution in [2.45, 2.75) is 25.4 Å². The summed E-state index contributed by atoms with van der Waals surface area (Å²) in [5.74, 6) is 0.116. The summed E-state index contributed by atoms with van der Waals surface area (Å²) < 4.78 is 22.5. The number of amides is 1. The Balaban J connectivity index is 1.83. The number of thiophene rings is 1. The summed E-state index contributed by atoms with van der Waals surface area (Å²) in [6, 6.07) is 2.02. The minimum atomic E-state index is -2.80. The second-order valence-corrected chi connectivity index (χ2v) is 7.77. The molecule has 0 aliphatic carbocycles. The van der Waals surface area contributed by atoms with Crippen LogP contribution in [-0.2, 0) is 16.4 Å². The van der Waals surface area contributed by atoms with Gasteiger partial charge in [0.05, 0.1) is 17.1 Å². The number of hydrogen-bond acceptors (Lipinski definition) is 5. The summed E-state index contributed by atoms with van der Waals surface area (Å²) in [6.07, 6.45) is 1.33. The molecule has 2 rings (SSSR count). The van der Waals surface area contributed by atoms with Crippen molar-refractivity contribution in [2.75, 3.05) is 11.5 Å². The normalized spacial score (nSPS) is 19.8. The molecule has 0 atom stereocenters. The van der Waals surface area contributed by atoms with Crippen LogP contribution in [0.1, 0.15) is 28.1 Å². The molecule has 0 bridgehead atoms. The van der Waals surface area contributed by atoms with Crippen LogP contribution in [0, 0.1) is 0 Å². The van der Waals surface area contributed by atoms with Gasteiger partial charge in [0.25, 0.3) is 0 Å². The van der Waals surface area contributed by atoms with Crippen LogP contribution in [-0.4, -0.2) is 31.9 Å². The molecule has 0 radical (unpaired) electrons. The van der Waals surface area contributed by atoms with Crippen molar-refractivity contribution >= 4 is 27.1 Å². The summed E-state index contributed by atoms with van der Waals surface area (Å²) in [4.78, 5) is 12.0. The van der Waals surface area contributed by atoms with Gasteiger partial charge >= 0.3 is 0 Å². The lowest BCUT2D eigenvalue weighted by Gasteiger charge is -2.22. The molecule has 1 amide bonds. The van der Waals surface area contributed by atoms with E-state index in [1.807, 2.05) is 0 Å². The second kappa shape index (κ2) is 5.38. The molecule has 0 spiro atoms. The lowest BCUT2D eigenvalue weighted by molar-refractivity contribution is 0.100. The molecule has 1 saturated heterocycles. The van der Waals surface area contributed by atoms with Crippen molar-refractivity contribution in [1.29, 1.82) is 0 Å². The molecular formula is C11H16N2O3S2. The van der Waals surface area contributed by atoms with Crippen LogP contribution in [0.15, 0.2) is 11.4 Å². The first kappa shape index (κ1) is 13.5. The van der Waals surface area contributed by atoms with Crippen LogP contribution in [0.2, 0.25) is 0 Å². The molecule has 1 fully saturated rings. The van der Waals surface area contributed by atoms with Crippen LogP contribution in [0.5, 0.6) is 0 Å². The van der Waals surface area contributed by atoms with Crippen LogP contribution in [0.4, 0.5) is 0 Å². The van der Waals surface area contributed by atoms with Gasteiger partial charge in [-0.05, 0) is 18.9 Å². The highest BCUT2D eigenvalue weighted by molar-refractivity contribution is 7.91. The zero-order valence-corrected chi connectivity index (χ0v) is 11.5. The Bertz CT molecular complexity index is 522. The van der Waals surface area contributed by atoms with Crippen LogP contribution in [0.3, 0.4) is 0 Å². The van der Waals surface area contributed by atoms with Crippen molar-refractivity contribution in [3.63, 3.8) is 0 Å². The summed E-state index contributed by atoms with van der Waals surface area (Å²) in [7, 11) is -2.80. The first-order valence-corrected chi connectivity index (χ1v) is 8.47. The van der Waals surface area contributed by atoms with E-state index in [4.69, 9.17) is 5.73 Å². The Morgan fingerprint density at radius 2 is 2.11 bits per heavy atom. The van der Waals surface area contributed by atoms with E-state index in [-0.39, 0.29) is 17.5 Å². The van der Waals surface area contributed by atoms with E-state index in [0.717, 1.165) is 4.88 Å². The molecule has 100 valence electrons. The largest absolute Gasteiger partial charge is 0.366 e. The fourth-order valence-electron chi connectivity index (χ4n) is 1.94. The van der Waals surface area contributed by atoms with Gasteiger partial charge in [0.1, 0.15) is 9.84 Å². The number of carbonyl (C=O) groups excluding carboxylic acids is 1. The predicted octanol–water partition coefficient (Wildman–Crippen LogP) is 0.514.